The number of hydrogen-bond donors (Lipinski definition) is 1. The Morgan fingerprint density at radius 2 is 1.71 bits per heavy atom. The molecule has 2 rings (SSSR count). The predicted octanol–water partition coefficient (Wildman–Crippen LogP) is 1.59. The van der Waals surface area contributed by atoms with Gasteiger partial charge in [-0.25, -0.2) is 0 Å². The van der Waals surface area contributed by atoms with Crippen molar-refractivity contribution in [2.75, 3.05) is 0 Å². The van der Waals surface area contributed by atoms with Crippen molar-refractivity contribution in [3.05, 3.63) is 35.7 Å². The molecule has 0 saturated carbocycles. The first-order valence-corrected chi connectivity index (χ1v) is 4.36. The Kier molecular flexibility index (Phi) is 1.96. The normalized spacial score (nSPS) is 10.4. The maximum Gasteiger partial charge on any atom is 0.118 e. The molecule has 1 heterocycles. The molecule has 72 valence electrons. The van der Waals surface area contributed by atoms with Crippen LogP contribution in [0.5, 0.6) is 5.75 Å². The summed E-state index contributed by atoms with van der Waals surface area (Å²) in [6, 6.07) is 3.46. The second-order valence-electron chi connectivity index (χ2n) is 3.17. The summed E-state index contributed by atoms with van der Waals surface area (Å²) in [7, 11) is 0. The number of phenols is 1. The van der Waals surface area contributed by atoms with Gasteiger partial charge in [0.15, 0.2) is 0 Å². The zero-order valence-electron chi connectivity index (χ0n) is 8.10. The number of phenolic OH excluding ortho intramolecular Hbond substituents is 1. The van der Waals surface area contributed by atoms with Crippen LogP contribution in [0.25, 0.3) is 5.69 Å². The number of benzene rings is 1. The Bertz CT molecular complexity index is 449. The number of aromatic hydroxyl groups is 1. The first-order valence-electron chi connectivity index (χ1n) is 4.36. The van der Waals surface area contributed by atoms with Crippen LogP contribution in [0.1, 0.15) is 11.1 Å². The van der Waals surface area contributed by atoms with Gasteiger partial charge in [0.25, 0.3) is 0 Å². The molecule has 4 nitrogen and oxygen atoms in total. The van der Waals surface area contributed by atoms with Crippen molar-refractivity contribution >= 4 is 0 Å². The molecule has 0 unspecified atom stereocenters. The Hall–Kier alpha value is -1.84. The maximum absolute atomic E-state index is 9.47. The molecule has 4 heteroatoms. The Morgan fingerprint density at radius 1 is 1.07 bits per heavy atom. The summed E-state index contributed by atoms with van der Waals surface area (Å²) < 4.78 is 0. The van der Waals surface area contributed by atoms with E-state index in [1.54, 1.807) is 29.3 Å². The Morgan fingerprint density at radius 3 is 2.36 bits per heavy atom. The van der Waals surface area contributed by atoms with E-state index < -0.39 is 0 Å². The molecule has 0 atom stereocenters. The van der Waals surface area contributed by atoms with E-state index in [1.807, 2.05) is 13.8 Å². The lowest BCUT2D eigenvalue weighted by molar-refractivity contribution is 0.470. The van der Waals surface area contributed by atoms with Crippen molar-refractivity contribution in [2.45, 2.75) is 13.8 Å². The first kappa shape index (κ1) is 8.74. The summed E-state index contributed by atoms with van der Waals surface area (Å²) in [5.41, 5.74) is 2.74. The van der Waals surface area contributed by atoms with E-state index >= 15 is 0 Å². The van der Waals surface area contributed by atoms with Gasteiger partial charge in [-0.15, -0.1) is 0 Å². The summed E-state index contributed by atoms with van der Waals surface area (Å²) in [4.78, 5) is 1.54. The SMILES string of the molecule is Cc1c(O)ccc(-n2nccn2)c1C. The van der Waals surface area contributed by atoms with Gasteiger partial charge in [-0.1, -0.05) is 0 Å². The fraction of sp³-hybridized carbons (Fsp3) is 0.200. The minimum atomic E-state index is 0.304. The molecule has 1 aromatic carbocycles. The monoisotopic (exact) mass is 189 g/mol. The minimum absolute atomic E-state index is 0.304. The molecule has 0 aliphatic heterocycles. The highest BCUT2D eigenvalue weighted by molar-refractivity contribution is 5.49. The van der Waals surface area contributed by atoms with Crippen molar-refractivity contribution in [2.24, 2.45) is 0 Å². The lowest BCUT2D eigenvalue weighted by Gasteiger charge is -2.08. The average molecular weight is 189 g/mol. The molecule has 14 heavy (non-hydrogen) atoms. The van der Waals surface area contributed by atoms with Crippen molar-refractivity contribution in [1.82, 2.24) is 15.0 Å². The molecule has 1 aromatic heterocycles. The van der Waals surface area contributed by atoms with Crippen LogP contribution >= 0.6 is 0 Å². The molecule has 0 fully saturated rings. The zero-order valence-corrected chi connectivity index (χ0v) is 8.10. The molecule has 2 aromatic rings. The van der Waals surface area contributed by atoms with Gasteiger partial charge in [-0.2, -0.15) is 15.0 Å². The smallest absolute Gasteiger partial charge is 0.118 e. The lowest BCUT2D eigenvalue weighted by Crippen LogP contribution is -2.02. The van der Waals surface area contributed by atoms with Gasteiger partial charge in [-0.05, 0) is 37.1 Å². The van der Waals surface area contributed by atoms with Gasteiger partial charge >= 0.3 is 0 Å². The highest BCUT2D eigenvalue weighted by Gasteiger charge is 2.07. The molecule has 0 bridgehead atoms. The summed E-state index contributed by atoms with van der Waals surface area (Å²) in [5, 5.41) is 17.6. The average Bonchev–Trinajstić information content (AvgIpc) is 2.67. The summed E-state index contributed by atoms with van der Waals surface area (Å²) in [6.45, 7) is 3.81. The second-order valence-corrected chi connectivity index (χ2v) is 3.17. The van der Waals surface area contributed by atoms with Crippen LogP contribution in [0.2, 0.25) is 0 Å². The molecule has 0 spiro atoms. The zero-order chi connectivity index (χ0) is 10.1. The van der Waals surface area contributed by atoms with Crippen LogP contribution in [0, 0.1) is 13.8 Å². The molecular formula is C10H11N3O. The van der Waals surface area contributed by atoms with E-state index in [9.17, 15) is 5.11 Å². The quantitative estimate of drug-likeness (QED) is 0.741. The van der Waals surface area contributed by atoms with E-state index in [2.05, 4.69) is 10.2 Å². The summed E-state index contributed by atoms with van der Waals surface area (Å²) in [5.74, 6) is 0.304. The summed E-state index contributed by atoms with van der Waals surface area (Å²) >= 11 is 0. The van der Waals surface area contributed by atoms with Crippen molar-refractivity contribution < 1.29 is 5.11 Å². The maximum atomic E-state index is 9.47. The standard InChI is InChI=1S/C10H11N3O/c1-7-8(2)10(14)4-3-9(7)13-11-5-6-12-13/h3-6,14H,1-2H3. The molecular weight excluding hydrogens is 178 g/mol. The van der Waals surface area contributed by atoms with Crippen LogP contribution in [0.3, 0.4) is 0 Å². The third-order valence-electron chi connectivity index (χ3n) is 2.36. The van der Waals surface area contributed by atoms with Gasteiger partial charge in [0, 0.05) is 0 Å². The Balaban J connectivity index is 2.61. The topological polar surface area (TPSA) is 50.9 Å². The fourth-order valence-electron chi connectivity index (χ4n) is 1.35. The van der Waals surface area contributed by atoms with Crippen LogP contribution < -0.4 is 0 Å². The van der Waals surface area contributed by atoms with Crippen LogP contribution in [-0.4, -0.2) is 20.1 Å². The third-order valence-corrected chi connectivity index (χ3v) is 2.36. The molecule has 0 saturated heterocycles. The van der Waals surface area contributed by atoms with E-state index in [1.165, 1.54) is 0 Å². The fourth-order valence-corrected chi connectivity index (χ4v) is 1.35. The van der Waals surface area contributed by atoms with Crippen molar-refractivity contribution in [1.29, 1.82) is 0 Å². The van der Waals surface area contributed by atoms with Gasteiger partial charge < -0.3 is 5.11 Å². The van der Waals surface area contributed by atoms with Gasteiger partial charge in [0.2, 0.25) is 0 Å². The van der Waals surface area contributed by atoms with Gasteiger partial charge in [0.05, 0.1) is 18.1 Å². The Labute approximate surface area is 81.8 Å². The van der Waals surface area contributed by atoms with Crippen LogP contribution in [-0.2, 0) is 0 Å². The lowest BCUT2D eigenvalue weighted by atomic mass is 10.1. The van der Waals surface area contributed by atoms with Gasteiger partial charge in [0.1, 0.15) is 5.75 Å². The molecule has 0 radical (unpaired) electrons. The number of rotatable bonds is 1. The number of nitrogens with zero attached hydrogens (tertiary/aromatic N) is 3. The molecule has 0 aliphatic rings. The first-order chi connectivity index (χ1) is 6.70. The predicted molar refractivity (Wildman–Crippen MR) is 52.5 cm³/mol. The second kappa shape index (κ2) is 3.14. The molecule has 1 N–H and O–H groups in total. The number of aromatic nitrogens is 3. The van der Waals surface area contributed by atoms with E-state index in [0.29, 0.717) is 5.75 Å². The highest BCUT2D eigenvalue weighted by Crippen LogP contribution is 2.24. The van der Waals surface area contributed by atoms with E-state index in [-0.39, 0.29) is 0 Å². The molecule has 0 aliphatic carbocycles. The van der Waals surface area contributed by atoms with E-state index in [4.69, 9.17) is 0 Å². The third kappa shape index (κ3) is 1.25. The number of hydrogen-bond acceptors (Lipinski definition) is 3. The van der Waals surface area contributed by atoms with E-state index in [0.717, 1.165) is 16.8 Å². The van der Waals surface area contributed by atoms with Crippen LogP contribution in [0.15, 0.2) is 24.5 Å². The van der Waals surface area contributed by atoms with Crippen molar-refractivity contribution in [3.8, 4) is 11.4 Å². The van der Waals surface area contributed by atoms with Gasteiger partial charge in [-0.3, -0.25) is 0 Å². The largest absolute Gasteiger partial charge is 0.508 e. The van der Waals surface area contributed by atoms with Crippen LogP contribution in [0.4, 0.5) is 0 Å². The van der Waals surface area contributed by atoms with Crippen molar-refractivity contribution in [3.63, 3.8) is 0 Å². The molecule has 0 amide bonds. The summed E-state index contributed by atoms with van der Waals surface area (Å²) in [6.07, 6.45) is 3.25. The highest BCUT2D eigenvalue weighted by atomic mass is 16.3. The minimum Gasteiger partial charge on any atom is -0.508 e.